The van der Waals surface area contributed by atoms with Crippen LogP contribution in [0, 0.1) is 0 Å². The van der Waals surface area contributed by atoms with E-state index in [0.29, 0.717) is 0 Å². The molecule has 0 radical (unpaired) electrons. The van der Waals surface area contributed by atoms with Crippen molar-refractivity contribution in [2.75, 3.05) is 25.4 Å². The fraction of sp³-hybridized carbons (Fsp3) is 0.500. The van der Waals surface area contributed by atoms with Crippen molar-refractivity contribution in [2.45, 2.75) is 25.6 Å². The van der Waals surface area contributed by atoms with Gasteiger partial charge in [-0.1, -0.05) is 6.92 Å². The van der Waals surface area contributed by atoms with Gasteiger partial charge in [-0.05, 0) is 24.1 Å². The second-order valence-electron chi connectivity index (χ2n) is 5.55. The first-order valence-corrected chi connectivity index (χ1v) is 9.18. The molecule has 2 N–H and O–H groups in total. The number of fused-ring (bicyclic) bond motifs is 1. The number of ether oxygens (including phenoxy) is 1. The van der Waals surface area contributed by atoms with E-state index >= 15 is 0 Å². The van der Waals surface area contributed by atoms with Crippen LogP contribution in [-0.4, -0.2) is 39.4 Å². The van der Waals surface area contributed by atoms with E-state index in [1.165, 1.54) is 7.11 Å². The van der Waals surface area contributed by atoms with Gasteiger partial charge in [0.25, 0.3) is 5.91 Å². The van der Waals surface area contributed by atoms with Crippen molar-refractivity contribution in [3.05, 3.63) is 28.8 Å². The van der Waals surface area contributed by atoms with E-state index in [0.717, 1.165) is 23.4 Å². The standard InChI is InChI=1S/C14H18F3N3O4S/c1-4-12(24-2)8-5-9-11(6-10(8)14(15,16)17)18-7-20(13(9)21)19-25(3,22)23/h5-6,12,18-19H,4,7H2,1-3H3. The normalized spacial score (nSPS) is 16.4. The van der Waals surface area contributed by atoms with Gasteiger partial charge in [0.15, 0.2) is 0 Å². The number of nitrogens with zero attached hydrogens (tertiary/aromatic N) is 1. The Hall–Kier alpha value is -1.85. The second kappa shape index (κ2) is 6.81. The second-order valence-corrected chi connectivity index (χ2v) is 7.27. The summed E-state index contributed by atoms with van der Waals surface area (Å²) < 4.78 is 67.8. The van der Waals surface area contributed by atoms with E-state index < -0.39 is 33.8 Å². The Balaban J connectivity index is 2.56. The lowest BCUT2D eigenvalue weighted by molar-refractivity contribution is -0.139. The quantitative estimate of drug-likeness (QED) is 0.816. The zero-order chi connectivity index (χ0) is 19.0. The average Bonchev–Trinajstić information content (AvgIpc) is 2.49. The van der Waals surface area contributed by atoms with Gasteiger partial charge in [-0.25, -0.2) is 13.4 Å². The monoisotopic (exact) mass is 381 g/mol. The average molecular weight is 381 g/mol. The predicted octanol–water partition coefficient (Wildman–Crippen LogP) is 2.09. The van der Waals surface area contributed by atoms with Crippen molar-refractivity contribution in [1.82, 2.24) is 9.84 Å². The van der Waals surface area contributed by atoms with Crippen molar-refractivity contribution in [1.29, 1.82) is 0 Å². The van der Waals surface area contributed by atoms with Gasteiger partial charge in [-0.3, -0.25) is 4.79 Å². The van der Waals surface area contributed by atoms with Gasteiger partial charge in [0.1, 0.15) is 6.67 Å². The van der Waals surface area contributed by atoms with Crippen LogP contribution in [0.3, 0.4) is 0 Å². The summed E-state index contributed by atoms with van der Waals surface area (Å²) >= 11 is 0. The number of carbonyl (C=O) groups excluding carboxylic acids is 1. The first-order valence-electron chi connectivity index (χ1n) is 7.29. The number of rotatable bonds is 5. The van der Waals surface area contributed by atoms with E-state index in [-0.39, 0.29) is 29.9 Å². The third kappa shape index (κ3) is 4.22. The highest BCUT2D eigenvalue weighted by atomic mass is 32.2. The van der Waals surface area contributed by atoms with Crippen molar-refractivity contribution in [2.24, 2.45) is 0 Å². The minimum absolute atomic E-state index is 0.0152. The Kier molecular flexibility index (Phi) is 5.30. The smallest absolute Gasteiger partial charge is 0.377 e. The Morgan fingerprint density at radius 3 is 2.52 bits per heavy atom. The summed E-state index contributed by atoms with van der Waals surface area (Å²) in [5, 5.41) is 3.40. The summed E-state index contributed by atoms with van der Waals surface area (Å²) in [7, 11) is -2.43. The van der Waals surface area contributed by atoms with Crippen molar-refractivity contribution in [3.8, 4) is 0 Å². The number of amides is 1. The number of hydrogen-bond donors (Lipinski definition) is 2. The molecular weight excluding hydrogens is 363 g/mol. The number of sulfonamides is 1. The number of methoxy groups -OCH3 is 1. The van der Waals surface area contributed by atoms with Crippen LogP contribution in [-0.2, 0) is 20.9 Å². The number of halogens is 3. The molecule has 25 heavy (non-hydrogen) atoms. The summed E-state index contributed by atoms with van der Waals surface area (Å²) in [6, 6.07) is 1.95. The molecule has 0 saturated heterocycles. The number of hydrogen-bond acceptors (Lipinski definition) is 5. The van der Waals surface area contributed by atoms with Crippen LogP contribution in [0.15, 0.2) is 12.1 Å². The first kappa shape index (κ1) is 19.5. The molecule has 0 spiro atoms. The summed E-state index contributed by atoms with van der Waals surface area (Å²) in [5.74, 6) is -0.750. The van der Waals surface area contributed by atoms with Crippen LogP contribution < -0.4 is 10.1 Å². The van der Waals surface area contributed by atoms with Crippen molar-refractivity contribution in [3.63, 3.8) is 0 Å². The number of hydrazine groups is 1. The predicted molar refractivity (Wildman–Crippen MR) is 84.1 cm³/mol. The van der Waals surface area contributed by atoms with Crippen LogP contribution in [0.4, 0.5) is 18.9 Å². The molecule has 1 aliphatic heterocycles. The van der Waals surface area contributed by atoms with Crippen LogP contribution in [0.5, 0.6) is 0 Å². The lowest BCUT2D eigenvalue weighted by Crippen LogP contribution is -2.50. The summed E-state index contributed by atoms with van der Waals surface area (Å²) in [5.41, 5.74) is -1.16. The SMILES string of the molecule is CCC(OC)c1cc2c(cc1C(F)(F)F)NCN(NS(C)(=O)=O)C2=O. The Morgan fingerprint density at radius 2 is 2.04 bits per heavy atom. The molecule has 1 atom stereocenters. The van der Waals surface area contributed by atoms with Gasteiger partial charge in [0.05, 0.1) is 23.5 Å². The zero-order valence-corrected chi connectivity index (χ0v) is 14.6. The maximum absolute atomic E-state index is 13.4. The molecule has 0 aromatic heterocycles. The highest BCUT2D eigenvalue weighted by molar-refractivity contribution is 7.88. The van der Waals surface area contributed by atoms with E-state index in [1.807, 2.05) is 4.83 Å². The fourth-order valence-corrected chi connectivity index (χ4v) is 3.17. The summed E-state index contributed by atoms with van der Waals surface area (Å²) in [4.78, 5) is 14.5. The fourth-order valence-electron chi connectivity index (χ4n) is 2.62. The Bertz CT molecular complexity index is 776. The van der Waals surface area contributed by atoms with Crippen molar-refractivity contribution < 1.29 is 31.1 Å². The lowest BCUT2D eigenvalue weighted by atomic mass is 9.95. The molecule has 140 valence electrons. The minimum atomic E-state index is -4.62. The first-order chi connectivity index (χ1) is 11.5. The Labute approximate surface area is 143 Å². The minimum Gasteiger partial charge on any atom is -0.377 e. The maximum atomic E-state index is 13.4. The Morgan fingerprint density at radius 1 is 1.40 bits per heavy atom. The number of benzene rings is 1. The molecule has 0 aliphatic carbocycles. The molecule has 1 aromatic rings. The molecule has 1 heterocycles. The van der Waals surface area contributed by atoms with E-state index in [1.54, 1.807) is 6.92 Å². The van der Waals surface area contributed by atoms with Gasteiger partial charge in [0.2, 0.25) is 10.0 Å². The van der Waals surface area contributed by atoms with Crippen LogP contribution in [0.1, 0.15) is 40.9 Å². The maximum Gasteiger partial charge on any atom is 0.416 e. The topological polar surface area (TPSA) is 87.7 Å². The molecule has 0 saturated carbocycles. The largest absolute Gasteiger partial charge is 0.416 e. The molecule has 1 unspecified atom stereocenters. The number of anilines is 1. The van der Waals surface area contributed by atoms with Gasteiger partial charge in [0, 0.05) is 12.8 Å². The van der Waals surface area contributed by atoms with Crippen LogP contribution >= 0.6 is 0 Å². The van der Waals surface area contributed by atoms with Gasteiger partial charge < -0.3 is 10.1 Å². The van der Waals surface area contributed by atoms with E-state index in [9.17, 15) is 26.4 Å². The number of carbonyl (C=O) groups is 1. The molecule has 2 rings (SSSR count). The number of alkyl halides is 3. The lowest BCUT2D eigenvalue weighted by Gasteiger charge is -2.31. The van der Waals surface area contributed by atoms with Gasteiger partial charge in [-0.15, -0.1) is 4.83 Å². The third-order valence-corrected chi connectivity index (χ3v) is 4.23. The van der Waals surface area contributed by atoms with Gasteiger partial charge >= 0.3 is 6.18 Å². The molecule has 11 heteroatoms. The molecule has 1 amide bonds. The van der Waals surface area contributed by atoms with Crippen molar-refractivity contribution >= 4 is 21.6 Å². The molecular formula is C14H18F3N3O4S. The molecule has 0 bridgehead atoms. The molecule has 1 aromatic carbocycles. The highest BCUT2D eigenvalue weighted by Gasteiger charge is 2.38. The third-order valence-electron chi connectivity index (χ3n) is 3.68. The summed E-state index contributed by atoms with van der Waals surface area (Å²) in [6.45, 7) is 1.36. The van der Waals surface area contributed by atoms with Crippen LogP contribution in [0.2, 0.25) is 0 Å². The zero-order valence-electron chi connectivity index (χ0n) is 13.8. The molecule has 7 nitrogen and oxygen atoms in total. The van der Waals surface area contributed by atoms with E-state index in [2.05, 4.69) is 5.32 Å². The van der Waals surface area contributed by atoms with E-state index in [4.69, 9.17) is 4.74 Å². The van der Waals surface area contributed by atoms with Crippen LogP contribution in [0.25, 0.3) is 0 Å². The highest BCUT2D eigenvalue weighted by Crippen LogP contribution is 2.40. The molecule has 1 aliphatic rings. The number of nitrogens with one attached hydrogen (secondary N) is 2. The van der Waals surface area contributed by atoms with Gasteiger partial charge in [-0.2, -0.15) is 13.2 Å². The summed E-state index contributed by atoms with van der Waals surface area (Å²) in [6.07, 6.45) is -4.34. The molecule has 0 fully saturated rings.